The molecule has 1 N–H and O–H groups in total. The van der Waals surface area contributed by atoms with Crippen molar-refractivity contribution in [3.8, 4) is 0 Å². The zero-order valence-corrected chi connectivity index (χ0v) is 20.0. The zero-order valence-electron chi connectivity index (χ0n) is 18.5. The lowest BCUT2D eigenvalue weighted by Crippen LogP contribution is -2.53. The smallest absolute Gasteiger partial charge is 0.242 e. The molecule has 0 bridgehead atoms. The molecular formula is C24H30ClFN2O2S. The maximum absolute atomic E-state index is 14.0. The Labute approximate surface area is 193 Å². The van der Waals surface area contributed by atoms with Gasteiger partial charge in [-0.15, -0.1) is 11.8 Å². The fourth-order valence-electron chi connectivity index (χ4n) is 3.04. The number of benzene rings is 2. The van der Waals surface area contributed by atoms with Crippen molar-refractivity contribution < 1.29 is 14.0 Å². The molecule has 31 heavy (non-hydrogen) atoms. The van der Waals surface area contributed by atoms with E-state index in [2.05, 4.69) is 5.32 Å². The van der Waals surface area contributed by atoms with E-state index < -0.39 is 11.6 Å². The number of carbonyl (C=O) groups excluding carboxylic acids is 2. The standard InChI is InChI=1S/C24H30ClFN2O2S/c1-17(23(30)27-24(2,3)4)28(14-13-18-9-6-5-7-10-18)22(29)16-31-15-19-20(25)11-8-12-21(19)26/h5-12,17H,13-16H2,1-4H3,(H,27,30)/t17-/m0/s1. The number of amides is 2. The molecule has 4 nitrogen and oxygen atoms in total. The van der Waals surface area contributed by atoms with Crippen LogP contribution in [0.25, 0.3) is 0 Å². The van der Waals surface area contributed by atoms with Gasteiger partial charge in [0.1, 0.15) is 11.9 Å². The third-order valence-electron chi connectivity index (χ3n) is 4.68. The molecule has 1 atom stereocenters. The summed E-state index contributed by atoms with van der Waals surface area (Å²) in [5.41, 5.74) is 1.08. The van der Waals surface area contributed by atoms with Crippen LogP contribution in [0.5, 0.6) is 0 Å². The Kier molecular flexibility index (Phi) is 9.38. The maximum atomic E-state index is 14.0. The first-order valence-corrected chi connectivity index (χ1v) is 11.8. The number of rotatable bonds is 9. The molecule has 0 aliphatic heterocycles. The van der Waals surface area contributed by atoms with Gasteiger partial charge in [0.15, 0.2) is 0 Å². The second-order valence-electron chi connectivity index (χ2n) is 8.43. The van der Waals surface area contributed by atoms with E-state index in [4.69, 9.17) is 11.6 Å². The Morgan fingerprint density at radius 1 is 1.13 bits per heavy atom. The Morgan fingerprint density at radius 2 is 1.81 bits per heavy atom. The summed E-state index contributed by atoms with van der Waals surface area (Å²) in [6, 6.07) is 13.8. The second-order valence-corrected chi connectivity index (χ2v) is 9.82. The molecule has 168 valence electrons. The number of nitrogens with one attached hydrogen (secondary N) is 1. The number of hydrogen-bond donors (Lipinski definition) is 1. The quantitative estimate of drug-likeness (QED) is 0.562. The molecule has 2 amide bonds. The summed E-state index contributed by atoms with van der Waals surface area (Å²) in [6.07, 6.45) is 0.642. The van der Waals surface area contributed by atoms with Gasteiger partial charge in [0, 0.05) is 28.4 Å². The van der Waals surface area contributed by atoms with Crippen LogP contribution in [0.4, 0.5) is 4.39 Å². The summed E-state index contributed by atoms with van der Waals surface area (Å²) in [6.45, 7) is 7.87. The number of thioether (sulfide) groups is 1. The van der Waals surface area contributed by atoms with E-state index in [-0.39, 0.29) is 29.1 Å². The normalized spacial score (nSPS) is 12.3. The van der Waals surface area contributed by atoms with Crippen LogP contribution in [0.3, 0.4) is 0 Å². The lowest BCUT2D eigenvalue weighted by molar-refractivity contribution is -0.138. The monoisotopic (exact) mass is 464 g/mol. The third-order valence-corrected chi connectivity index (χ3v) is 5.98. The van der Waals surface area contributed by atoms with Crippen molar-refractivity contribution in [2.24, 2.45) is 0 Å². The largest absolute Gasteiger partial charge is 0.350 e. The SMILES string of the molecule is C[C@@H](C(=O)NC(C)(C)C)N(CCc1ccccc1)C(=O)CSCc1c(F)cccc1Cl. The number of halogens is 2. The first-order chi connectivity index (χ1) is 14.6. The molecule has 0 aromatic heterocycles. The molecule has 0 unspecified atom stereocenters. The summed E-state index contributed by atoms with van der Waals surface area (Å²) in [5, 5.41) is 3.29. The van der Waals surface area contributed by atoms with E-state index in [0.717, 1.165) is 5.56 Å². The molecule has 2 aromatic carbocycles. The highest BCUT2D eigenvalue weighted by molar-refractivity contribution is 7.99. The highest BCUT2D eigenvalue weighted by atomic mass is 35.5. The molecule has 0 saturated carbocycles. The first kappa shape index (κ1) is 25.2. The van der Waals surface area contributed by atoms with E-state index in [0.29, 0.717) is 23.6 Å². The molecule has 0 saturated heterocycles. The van der Waals surface area contributed by atoms with E-state index in [1.54, 1.807) is 24.0 Å². The molecule has 0 fully saturated rings. The van der Waals surface area contributed by atoms with Crippen LogP contribution in [0, 0.1) is 5.82 Å². The van der Waals surface area contributed by atoms with Gasteiger partial charge in [0.25, 0.3) is 0 Å². The van der Waals surface area contributed by atoms with Crippen LogP contribution in [-0.4, -0.2) is 40.6 Å². The minimum Gasteiger partial charge on any atom is -0.350 e. The summed E-state index contributed by atoms with van der Waals surface area (Å²) >= 11 is 7.36. The zero-order chi connectivity index (χ0) is 23.0. The predicted molar refractivity (Wildman–Crippen MR) is 127 cm³/mol. The van der Waals surface area contributed by atoms with Crippen molar-refractivity contribution in [2.45, 2.75) is 51.4 Å². The lowest BCUT2D eigenvalue weighted by atomic mass is 10.1. The summed E-state index contributed by atoms with van der Waals surface area (Å²) in [4.78, 5) is 27.4. The Morgan fingerprint density at radius 3 is 2.42 bits per heavy atom. The maximum Gasteiger partial charge on any atom is 0.242 e. The number of carbonyl (C=O) groups is 2. The van der Waals surface area contributed by atoms with Crippen LogP contribution < -0.4 is 5.32 Å². The van der Waals surface area contributed by atoms with E-state index in [9.17, 15) is 14.0 Å². The fraction of sp³-hybridized carbons (Fsp3) is 0.417. The summed E-state index contributed by atoms with van der Waals surface area (Å²) in [7, 11) is 0. The second kappa shape index (κ2) is 11.5. The van der Waals surface area contributed by atoms with Gasteiger partial charge < -0.3 is 10.2 Å². The molecule has 7 heteroatoms. The van der Waals surface area contributed by atoms with Crippen LogP contribution in [-0.2, 0) is 21.8 Å². The van der Waals surface area contributed by atoms with E-state index in [1.807, 2.05) is 51.1 Å². The van der Waals surface area contributed by atoms with Crippen LogP contribution >= 0.6 is 23.4 Å². The topological polar surface area (TPSA) is 49.4 Å². The van der Waals surface area contributed by atoms with Crippen molar-refractivity contribution in [2.75, 3.05) is 12.3 Å². The van der Waals surface area contributed by atoms with Gasteiger partial charge in [0.05, 0.1) is 5.75 Å². The van der Waals surface area contributed by atoms with Gasteiger partial charge in [-0.2, -0.15) is 0 Å². The highest BCUT2D eigenvalue weighted by Gasteiger charge is 2.28. The average Bonchev–Trinajstić information content (AvgIpc) is 2.69. The van der Waals surface area contributed by atoms with Crippen LogP contribution in [0.1, 0.15) is 38.8 Å². The molecular weight excluding hydrogens is 435 g/mol. The molecule has 0 heterocycles. The van der Waals surface area contributed by atoms with Gasteiger partial charge in [-0.1, -0.05) is 48.0 Å². The van der Waals surface area contributed by atoms with Crippen molar-refractivity contribution in [1.29, 1.82) is 0 Å². The number of hydrogen-bond acceptors (Lipinski definition) is 3. The van der Waals surface area contributed by atoms with Crippen molar-refractivity contribution in [1.82, 2.24) is 10.2 Å². The Bertz CT molecular complexity index is 867. The fourth-order valence-corrected chi connectivity index (χ4v) is 4.29. The van der Waals surface area contributed by atoms with Gasteiger partial charge in [-0.05, 0) is 51.8 Å². The molecule has 0 spiro atoms. The van der Waals surface area contributed by atoms with E-state index in [1.165, 1.54) is 17.8 Å². The lowest BCUT2D eigenvalue weighted by Gasteiger charge is -2.31. The molecule has 2 aromatic rings. The number of nitrogens with zero attached hydrogens (tertiary/aromatic N) is 1. The first-order valence-electron chi connectivity index (χ1n) is 10.2. The minimum absolute atomic E-state index is 0.132. The Hall–Kier alpha value is -2.05. The third kappa shape index (κ3) is 8.19. The van der Waals surface area contributed by atoms with Gasteiger partial charge in [-0.25, -0.2) is 4.39 Å². The average molecular weight is 465 g/mol. The highest BCUT2D eigenvalue weighted by Crippen LogP contribution is 2.24. The van der Waals surface area contributed by atoms with Crippen molar-refractivity contribution in [3.63, 3.8) is 0 Å². The van der Waals surface area contributed by atoms with Crippen LogP contribution in [0.15, 0.2) is 48.5 Å². The summed E-state index contributed by atoms with van der Waals surface area (Å²) in [5.74, 6) is -0.328. The molecule has 0 aliphatic rings. The van der Waals surface area contributed by atoms with E-state index >= 15 is 0 Å². The van der Waals surface area contributed by atoms with Crippen molar-refractivity contribution >= 4 is 35.2 Å². The van der Waals surface area contributed by atoms with Gasteiger partial charge in [-0.3, -0.25) is 9.59 Å². The van der Waals surface area contributed by atoms with Crippen LogP contribution in [0.2, 0.25) is 5.02 Å². The predicted octanol–water partition coefficient (Wildman–Crippen LogP) is 5.09. The van der Waals surface area contributed by atoms with Gasteiger partial charge in [0.2, 0.25) is 11.8 Å². The van der Waals surface area contributed by atoms with Crippen molar-refractivity contribution in [3.05, 3.63) is 70.5 Å². The Balaban J connectivity index is 2.06. The molecule has 0 radical (unpaired) electrons. The van der Waals surface area contributed by atoms with Gasteiger partial charge >= 0.3 is 0 Å². The summed E-state index contributed by atoms with van der Waals surface area (Å²) < 4.78 is 14.0. The molecule has 2 rings (SSSR count). The minimum atomic E-state index is -0.618. The molecule has 0 aliphatic carbocycles.